The van der Waals surface area contributed by atoms with Gasteiger partial charge in [-0.15, -0.1) is 11.8 Å². The van der Waals surface area contributed by atoms with Gasteiger partial charge in [-0.1, -0.05) is 79.2 Å². The van der Waals surface area contributed by atoms with Gasteiger partial charge in [0.1, 0.15) is 11.9 Å². The lowest BCUT2D eigenvalue weighted by Gasteiger charge is -2.32. The van der Waals surface area contributed by atoms with E-state index >= 15 is 0 Å². The Morgan fingerprint density at radius 3 is 2.44 bits per heavy atom. The number of nitrogens with zero attached hydrogens (tertiary/aromatic N) is 1. The van der Waals surface area contributed by atoms with Crippen molar-refractivity contribution in [3.05, 3.63) is 106 Å². The maximum Gasteiger partial charge on any atom is 0.243 e. The van der Waals surface area contributed by atoms with Gasteiger partial charge in [-0.25, -0.2) is 4.39 Å². The molecular weight excluding hydrogens is 495 g/mol. The van der Waals surface area contributed by atoms with Crippen LogP contribution in [0.2, 0.25) is 5.02 Å². The third-order valence-corrected chi connectivity index (χ3v) is 7.25. The summed E-state index contributed by atoms with van der Waals surface area (Å²) in [5.41, 5.74) is 3.38. The van der Waals surface area contributed by atoms with Crippen LogP contribution >= 0.6 is 23.4 Å². The summed E-state index contributed by atoms with van der Waals surface area (Å²) in [4.78, 5) is 28.6. The zero-order valence-corrected chi connectivity index (χ0v) is 22.2. The Kier molecular flexibility index (Phi) is 10.8. The van der Waals surface area contributed by atoms with E-state index in [1.165, 1.54) is 17.8 Å². The van der Waals surface area contributed by atoms with Gasteiger partial charge in [0.15, 0.2) is 0 Å². The maximum absolute atomic E-state index is 14.2. The van der Waals surface area contributed by atoms with Crippen molar-refractivity contribution in [3.8, 4) is 0 Å². The van der Waals surface area contributed by atoms with Crippen molar-refractivity contribution >= 4 is 35.2 Å². The monoisotopic (exact) mass is 526 g/mol. The lowest BCUT2D eigenvalue weighted by Crippen LogP contribution is -2.51. The minimum absolute atomic E-state index is 0.100. The smallest absolute Gasteiger partial charge is 0.243 e. The van der Waals surface area contributed by atoms with Crippen LogP contribution in [-0.2, 0) is 28.3 Å². The number of hydrogen-bond acceptors (Lipinski definition) is 3. The standard InChI is InChI=1S/C29H32ClFN2O2S/c1-3-16-32-29(35)27(17-22-11-5-4-6-12-22)33(18-23-13-8-7-10-21(23)2)28(34)20-36-19-24-25(30)14-9-15-26(24)31/h4-15,27H,3,16-20H2,1-2H3,(H,32,35)/t27-/m1/s1. The second-order valence-corrected chi connectivity index (χ2v) is 10.0. The third kappa shape index (κ3) is 7.84. The molecule has 0 aromatic heterocycles. The Bertz CT molecular complexity index is 1140. The van der Waals surface area contributed by atoms with E-state index < -0.39 is 6.04 Å². The predicted molar refractivity (Wildman–Crippen MR) is 147 cm³/mol. The van der Waals surface area contributed by atoms with Crippen LogP contribution in [0, 0.1) is 12.7 Å². The second-order valence-electron chi connectivity index (χ2n) is 8.64. The van der Waals surface area contributed by atoms with E-state index in [2.05, 4.69) is 5.32 Å². The van der Waals surface area contributed by atoms with Gasteiger partial charge in [-0.2, -0.15) is 0 Å². The molecule has 3 aromatic rings. The number of aryl methyl sites for hydroxylation is 1. The molecule has 0 bridgehead atoms. The number of hydrogen-bond donors (Lipinski definition) is 1. The van der Waals surface area contributed by atoms with Gasteiger partial charge in [0.2, 0.25) is 11.8 Å². The molecule has 0 aliphatic rings. The first-order chi connectivity index (χ1) is 17.4. The number of thioether (sulfide) groups is 1. The van der Waals surface area contributed by atoms with Crippen molar-refractivity contribution in [2.45, 2.75) is 45.0 Å². The molecule has 3 rings (SSSR count). The molecule has 0 spiro atoms. The van der Waals surface area contributed by atoms with Gasteiger partial charge < -0.3 is 10.2 Å². The molecule has 0 aliphatic carbocycles. The molecule has 3 aromatic carbocycles. The molecule has 190 valence electrons. The summed E-state index contributed by atoms with van der Waals surface area (Å²) in [6.45, 7) is 4.84. The average molecular weight is 527 g/mol. The quantitative estimate of drug-likeness (QED) is 0.306. The number of halogens is 2. The first kappa shape index (κ1) is 27.8. The van der Waals surface area contributed by atoms with E-state index in [1.54, 1.807) is 17.0 Å². The van der Waals surface area contributed by atoms with Crippen molar-refractivity contribution < 1.29 is 14.0 Å². The summed E-state index contributed by atoms with van der Waals surface area (Å²) in [7, 11) is 0. The van der Waals surface area contributed by atoms with Crippen LogP contribution < -0.4 is 5.32 Å². The molecule has 7 heteroatoms. The fourth-order valence-corrected chi connectivity index (χ4v) is 5.13. The van der Waals surface area contributed by atoms with Crippen LogP contribution in [-0.4, -0.2) is 35.1 Å². The molecule has 4 nitrogen and oxygen atoms in total. The number of benzene rings is 3. The van der Waals surface area contributed by atoms with Gasteiger partial charge in [0.25, 0.3) is 0 Å². The number of amides is 2. The number of carbonyl (C=O) groups excluding carboxylic acids is 2. The topological polar surface area (TPSA) is 49.4 Å². The van der Waals surface area contributed by atoms with Gasteiger partial charge in [0, 0.05) is 35.8 Å². The summed E-state index contributed by atoms with van der Waals surface area (Å²) >= 11 is 7.45. The van der Waals surface area contributed by atoms with Gasteiger partial charge in [-0.3, -0.25) is 9.59 Å². The van der Waals surface area contributed by atoms with Crippen LogP contribution in [0.5, 0.6) is 0 Å². The second kappa shape index (κ2) is 14.0. The molecule has 36 heavy (non-hydrogen) atoms. The average Bonchev–Trinajstić information content (AvgIpc) is 2.88. The van der Waals surface area contributed by atoms with E-state index in [1.807, 2.05) is 68.4 Å². The van der Waals surface area contributed by atoms with Gasteiger partial charge >= 0.3 is 0 Å². The molecule has 2 amide bonds. The fraction of sp³-hybridized carbons (Fsp3) is 0.310. The molecule has 0 fully saturated rings. The van der Waals surface area contributed by atoms with E-state index in [0.29, 0.717) is 30.1 Å². The zero-order valence-electron chi connectivity index (χ0n) is 20.7. The van der Waals surface area contributed by atoms with Gasteiger partial charge in [-0.05, 0) is 42.2 Å². The number of rotatable bonds is 12. The highest BCUT2D eigenvalue weighted by molar-refractivity contribution is 7.99. The third-order valence-electron chi connectivity index (χ3n) is 5.96. The van der Waals surface area contributed by atoms with E-state index in [0.717, 1.165) is 23.1 Å². The SMILES string of the molecule is CCCNC(=O)[C@@H](Cc1ccccc1)N(Cc1ccccc1C)C(=O)CSCc1c(F)cccc1Cl. The normalized spacial score (nSPS) is 11.7. The lowest BCUT2D eigenvalue weighted by atomic mass is 10.0. The minimum atomic E-state index is -0.677. The largest absolute Gasteiger partial charge is 0.354 e. The Labute approximate surface area is 222 Å². The van der Waals surface area contributed by atoms with Crippen LogP contribution in [0.4, 0.5) is 4.39 Å². The summed E-state index contributed by atoms with van der Waals surface area (Å²) < 4.78 is 14.2. The molecule has 0 aliphatic heterocycles. The van der Waals surface area contributed by atoms with Crippen molar-refractivity contribution in [2.24, 2.45) is 0 Å². The predicted octanol–water partition coefficient (Wildman–Crippen LogP) is 6.19. The first-order valence-corrected chi connectivity index (χ1v) is 13.6. The van der Waals surface area contributed by atoms with Crippen LogP contribution in [0.3, 0.4) is 0 Å². The zero-order chi connectivity index (χ0) is 25.9. The molecular formula is C29H32ClFN2O2S. The summed E-state index contributed by atoms with van der Waals surface area (Å²) in [6, 6.07) is 21.5. The number of carbonyl (C=O) groups is 2. The summed E-state index contributed by atoms with van der Waals surface area (Å²) in [5, 5.41) is 3.32. The van der Waals surface area contributed by atoms with E-state index in [9.17, 15) is 14.0 Å². The molecule has 0 heterocycles. The summed E-state index contributed by atoms with van der Waals surface area (Å²) in [6.07, 6.45) is 1.20. The minimum Gasteiger partial charge on any atom is -0.354 e. The van der Waals surface area contributed by atoms with Crippen LogP contribution in [0.1, 0.15) is 35.6 Å². The molecule has 1 N–H and O–H groups in total. The molecule has 0 saturated carbocycles. The molecule has 0 unspecified atom stereocenters. The van der Waals surface area contributed by atoms with Crippen molar-refractivity contribution in [1.82, 2.24) is 10.2 Å². The fourth-order valence-electron chi connectivity index (χ4n) is 3.88. The Balaban J connectivity index is 1.86. The highest BCUT2D eigenvalue weighted by Gasteiger charge is 2.30. The lowest BCUT2D eigenvalue weighted by molar-refractivity contribution is -0.139. The first-order valence-electron chi connectivity index (χ1n) is 12.1. The van der Waals surface area contributed by atoms with Gasteiger partial charge in [0.05, 0.1) is 5.75 Å². The van der Waals surface area contributed by atoms with Crippen LogP contribution in [0.25, 0.3) is 0 Å². The summed E-state index contributed by atoms with van der Waals surface area (Å²) in [5.74, 6) is -0.378. The van der Waals surface area contributed by atoms with E-state index in [-0.39, 0.29) is 29.1 Å². The van der Waals surface area contributed by atoms with Crippen molar-refractivity contribution in [2.75, 3.05) is 12.3 Å². The number of nitrogens with one attached hydrogen (secondary N) is 1. The van der Waals surface area contributed by atoms with Crippen molar-refractivity contribution in [1.29, 1.82) is 0 Å². The van der Waals surface area contributed by atoms with Crippen molar-refractivity contribution in [3.63, 3.8) is 0 Å². The Morgan fingerprint density at radius 1 is 1.03 bits per heavy atom. The Morgan fingerprint density at radius 2 is 1.75 bits per heavy atom. The molecule has 1 atom stereocenters. The molecule has 0 radical (unpaired) electrons. The van der Waals surface area contributed by atoms with Crippen LogP contribution in [0.15, 0.2) is 72.8 Å². The Hall–Kier alpha value is -2.83. The highest BCUT2D eigenvalue weighted by atomic mass is 35.5. The molecule has 0 saturated heterocycles. The maximum atomic E-state index is 14.2. The highest BCUT2D eigenvalue weighted by Crippen LogP contribution is 2.25. The van der Waals surface area contributed by atoms with E-state index in [4.69, 9.17) is 11.6 Å².